The fourth-order valence-corrected chi connectivity index (χ4v) is 3.52. The predicted molar refractivity (Wildman–Crippen MR) is 97.6 cm³/mol. The van der Waals surface area contributed by atoms with Crippen LogP contribution in [0.2, 0.25) is 0 Å². The molecule has 0 amide bonds. The van der Waals surface area contributed by atoms with Crippen molar-refractivity contribution in [1.82, 2.24) is 0 Å². The standard InChI is InChI=1S/C22H24F2O/c1-3-14-25-20-13-12-19(21(23)22(20)24)18-10-8-17(9-11-18)16-6-4-15(2)5-7-16/h3,8-16H,4-7H2,1-2H3. The summed E-state index contributed by atoms with van der Waals surface area (Å²) in [6.45, 7) is 4.05. The smallest absolute Gasteiger partial charge is 0.201 e. The topological polar surface area (TPSA) is 9.23 Å². The van der Waals surface area contributed by atoms with Gasteiger partial charge in [-0.2, -0.15) is 4.39 Å². The van der Waals surface area contributed by atoms with Crippen LogP contribution in [0, 0.1) is 17.6 Å². The van der Waals surface area contributed by atoms with Crippen LogP contribution in [0.4, 0.5) is 8.78 Å². The van der Waals surface area contributed by atoms with Gasteiger partial charge < -0.3 is 4.74 Å². The van der Waals surface area contributed by atoms with Crippen LogP contribution >= 0.6 is 0 Å². The van der Waals surface area contributed by atoms with E-state index in [0.717, 1.165) is 5.92 Å². The monoisotopic (exact) mass is 342 g/mol. The van der Waals surface area contributed by atoms with E-state index in [4.69, 9.17) is 4.74 Å². The average Bonchev–Trinajstić information content (AvgIpc) is 2.64. The lowest BCUT2D eigenvalue weighted by atomic mass is 9.79. The van der Waals surface area contributed by atoms with Crippen LogP contribution in [0.1, 0.15) is 51.0 Å². The predicted octanol–water partition coefficient (Wildman–Crippen LogP) is 6.84. The minimum Gasteiger partial charge on any atom is -0.462 e. The molecule has 0 atom stereocenters. The Bertz CT molecular complexity index is 741. The summed E-state index contributed by atoms with van der Waals surface area (Å²) in [5.41, 5.74) is 2.24. The van der Waals surface area contributed by atoms with E-state index < -0.39 is 11.6 Å². The summed E-state index contributed by atoms with van der Waals surface area (Å²) in [6, 6.07) is 10.9. The van der Waals surface area contributed by atoms with Gasteiger partial charge in [0.05, 0.1) is 6.26 Å². The Labute approximate surface area is 148 Å². The number of hydrogen-bond donors (Lipinski definition) is 0. The molecule has 1 fully saturated rings. The fourth-order valence-electron chi connectivity index (χ4n) is 3.52. The quantitative estimate of drug-likeness (QED) is 0.553. The van der Waals surface area contributed by atoms with Gasteiger partial charge in [-0.25, -0.2) is 4.39 Å². The molecule has 3 heteroatoms. The Balaban J connectivity index is 1.81. The molecule has 0 unspecified atom stereocenters. The fraction of sp³-hybridized carbons (Fsp3) is 0.364. The minimum absolute atomic E-state index is 0.104. The lowest BCUT2D eigenvalue weighted by Gasteiger charge is -2.26. The maximum absolute atomic E-state index is 14.4. The van der Waals surface area contributed by atoms with Gasteiger partial charge in [-0.1, -0.05) is 50.1 Å². The molecule has 0 spiro atoms. The lowest BCUT2D eigenvalue weighted by molar-refractivity contribution is 0.348. The zero-order valence-corrected chi connectivity index (χ0v) is 14.8. The Hall–Kier alpha value is -2.16. The van der Waals surface area contributed by atoms with Crippen molar-refractivity contribution in [2.45, 2.75) is 45.4 Å². The van der Waals surface area contributed by atoms with Crippen LogP contribution in [0.3, 0.4) is 0 Å². The maximum atomic E-state index is 14.4. The number of rotatable bonds is 4. The van der Waals surface area contributed by atoms with Gasteiger partial charge in [0.1, 0.15) is 0 Å². The molecular formula is C22H24F2O. The van der Waals surface area contributed by atoms with Crippen molar-refractivity contribution >= 4 is 0 Å². The molecule has 1 saturated carbocycles. The van der Waals surface area contributed by atoms with Gasteiger partial charge in [-0.15, -0.1) is 0 Å². The van der Waals surface area contributed by atoms with Crippen LogP contribution in [0.5, 0.6) is 5.75 Å². The van der Waals surface area contributed by atoms with Gasteiger partial charge in [0.25, 0.3) is 0 Å². The van der Waals surface area contributed by atoms with Crippen molar-refractivity contribution in [3.05, 3.63) is 65.9 Å². The molecule has 3 rings (SSSR count). The zero-order chi connectivity index (χ0) is 17.8. The maximum Gasteiger partial charge on any atom is 0.201 e. The van der Waals surface area contributed by atoms with Crippen molar-refractivity contribution in [3.63, 3.8) is 0 Å². The molecule has 0 heterocycles. The zero-order valence-electron chi connectivity index (χ0n) is 14.8. The molecule has 0 aliphatic heterocycles. The van der Waals surface area contributed by atoms with Gasteiger partial charge in [0.2, 0.25) is 5.82 Å². The summed E-state index contributed by atoms with van der Waals surface area (Å²) >= 11 is 0. The summed E-state index contributed by atoms with van der Waals surface area (Å²) in [7, 11) is 0. The highest BCUT2D eigenvalue weighted by Gasteiger charge is 2.20. The molecule has 0 N–H and O–H groups in total. The van der Waals surface area contributed by atoms with Crippen molar-refractivity contribution in [2.24, 2.45) is 5.92 Å². The molecule has 25 heavy (non-hydrogen) atoms. The van der Waals surface area contributed by atoms with Gasteiger partial charge in [0, 0.05) is 5.56 Å². The third kappa shape index (κ3) is 3.92. The molecule has 2 aromatic rings. The first kappa shape index (κ1) is 17.7. The lowest BCUT2D eigenvalue weighted by Crippen LogP contribution is -2.10. The van der Waals surface area contributed by atoms with Crippen LogP contribution in [-0.4, -0.2) is 0 Å². The molecule has 0 bridgehead atoms. The van der Waals surface area contributed by atoms with Gasteiger partial charge >= 0.3 is 0 Å². The van der Waals surface area contributed by atoms with Crippen LogP contribution in [-0.2, 0) is 0 Å². The molecule has 2 aromatic carbocycles. The second-order valence-electron chi connectivity index (χ2n) is 6.91. The van der Waals surface area contributed by atoms with Gasteiger partial charge in [0.15, 0.2) is 11.6 Å². The summed E-state index contributed by atoms with van der Waals surface area (Å²) in [5.74, 6) is -0.534. The van der Waals surface area contributed by atoms with Crippen molar-refractivity contribution in [1.29, 1.82) is 0 Å². The van der Waals surface area contributed by atoms with E-state index in [1.807, 2.05) is 12.1 Å². The number of hydrogen-bond acceptors (Lipinski definition) is 1. The van der Waals surface area contributed by atoms with Crippen molar-refractivity contribution in [3.8, 4) is 16.9 Å². The third-order valence-electron chi connectivity index (χ3n) is 5.09. The molecule has 132 valence electrons. The molecule has 0 aromatic heterocycles. The van der Waals surface area contributed by atoms with Crippen LogP contribution in [0.15, 0.2) is 48.7 Å². The first-order chi connectivity index (χ1) is 12.1. The SMILES string of the molecule is CC=COc1ccc(-c2ccc(C3CCC(C)CC3)cc2)c(F)c1F. The first-order valence-electron chi connectivity index (χ1n) is 8.96. The van der Waals surface area contributed by atoms with E-state index in [9.17, 15) is 8.78 Å². The minimum atomic E-state index is -0.957. The van der Waals surface area contributed by atoms with Gasteiger partial charge in [-0.05, 0) is 54.9 Å². The Morgan fingerprint density at radius 3 is 2.24 bits per heavy atom. The van der Waals surface area contributed by atoms with Crippen LogP contribution in [0.25, 0.3) is 11.1 Å². The van der Waals surface area contributed by atoms with Crippen molar-refractivity contribution in [2.75, 3.05) is 0 Å². The first-order valence-corrected chi connectivity index (χ1v) is 8.96. The van der Waals surface area contributed by atoms with E-state index in [1.165, 1.54) is 43.6 Å². The molecule has 1 aliphatic rings. The highest BCUT2D eigenvalue weighted by Crippen LogP contribution is 2.37. The molecule has 0 radical (unpaired) electrons. The van der Waals surface area contributed by atoms with Crippen LogP contribution < -0.4 is 4.74 Å². The average molecular weight is 342 g/mol. The molecule has 0 saturated heterocycles. The number of benzene rings is 2. The highest BCUT2D eigenvalue weighted by atomic mass is 19.2. The van der Waals surface area contributed by atoms with E-state index in [2.05, 4.69) is 19.1 Å². The second kappa shape index (κ2) is 7.81. The van der Waals surface area contributed by atoms with E-state index >= 15 is 0 Å². The summed E-state index contributed by atoms with van der Waals surface area (Å²) in [4.78, 5) is 0. The van der Waals surface area contributed by atoms with E-state index in [1.54, 1.807) is 19.1 Å². The Morgan fingerprint density at radius 1 is 0.920 bits per heavy atom. The molecule has 1 nitrogen and oxygen atoms in total. The van der Waals surface area contributed by atoms with E-state index in [-0.39, 0.29) is 11.3 Å². The van der Waals surface area contributed by atoms with Gasteiger partial charge in [-0.3, -0.25) is 0 Å². The normalized spacial score (nSPS) is 20.8. The number of ether oxygens (including phenoxy) is 1. The Kier molecular flexibility index (Phi) is 5.52. The molecular weight excluding hydrogens is 318 g/mol. The second-order valence-corrected chi connectivity index (χ2v) is 6.91. The van der Waals surface area contributed by atoms with E-state index in [0.29, 0.717) is 11.5 Å². The summed E-state index contributed by atoms with van der Waals surface area (Å²) in [6.07, 6.45) is 7.90. The van der Waals surface area contributed by atoms with Crippen molar-refractivity contribution < 1.29 is 13.5 Å². The highest BCUT2D eigenvalue weighted by molar-refractivity contribution is 5.65. The largest absolute Gasteiger partial charge is 0.462 e. The summed E-state index contributed by atoms with van der Waals surface area (Å²) in [5, 5.41) is 0. The number of halogens is 2. The number of allylic oxidation sites excluding steroid dienone is 1. The Morgan fingerprint density at radius 2 is 1.60 bits per heavy atom. The third-order valence-corrected chi connectivity index (χ3v) is 5.09. The molecule has 1 aliphatic carbocycles. The summed E-state index contributed by atoms with van der Waals surface area (Å²) < 4.78 is 33.6.